The minimum atomic E-state index is 0. The quantitative estimate of drug-likeness (QED) is 0.820. The van der Waals surface area contributed by atoms with E-state index >= 15 is 0 Å². The highest BCUT2D eigenvalue weighted by Gasteiger charge is 2.20. The summed E-state index contributed by atoms with van der Waals surface area (Å²) in [6, 6.07) is 7.90. The number of rotatable bonds is 6. The summed E-state index contributed by atoms with van der Waals surface area (Å²) >= 11 is 0. The molecule has 0 amide bonds. The van der Waals surface area contributed by atoms with Crippen LogP contribution < -0.4 is 10.5 Å². The highest BCUT2D eigenvalue weighted by Crippen LogP contribution is 2.19. The molecular weight excluding hydrogens is 288 g/mol. The topological polar surface area (TPSA) is 55.6 Å². The van der Waals surface area contributed by atoms with E-state index in [4.69, 9.17) is 10.5 Å². The minimum absolute atomic E-state index is 0. The van der Waals surface area contributed by atoms with Gasteiger partial charge in [-0.05, 0) is 38.4 Å². The van der Waals surface area contributed by atoms with E-state index < -0.39 is 0 Å². The Morgan fingerprint density at radius 2 is 2.14 bits per heavy atom. The number of likely N-dealkylation sites (tertiary alicyclic amines) is 1. The van der Waals surface area contributed by atoms with Crippen molar-refractivity contribution in [3.63, 3.8) is 0 Å². The number of ketones is 1. The number of hydrogen-bond donors (Lipinski definition) is 1. The molecule has 4 nitrogen and oxygen atoms in total. The van der Waals surface area contributed by atoms with E-state index in [9.17, 15) is 4.79 Å². The maximum atomic E-state index is 11.5. The fourth-order valence-corrected chi connectivity index (χ4v) is 2.78. The fraction of sp³-hybridized carbons (Fsp3) is 0.562. The van der Waals surface area contributed by atoms with Crippen LogP contribution in [0.25, 0.3) is 0 Å². The van der Waals surface area contributed by atoms with Crippen molar-refractivity contribution in [3.8, 4) is 5.75 Å². The SMILES string of the molecule is CC(=O)c1ccccc1OCCN1CCCCC1CN.Cl. The van der Waals surface area contributed by atoms with Crippen LogP contribution in [-0.4, -0.2) is 43.0 Å². The van der Waals surface area contributed by atoms with Gasteiger partial charge in [-0.2, -0.15) is 0 Å². The molecule has 118 valence electrons. The number of nitrogens with two attached hydrogens (primary N) is 1. The monoisotopic (exact) mass is 312 g/mol. The number of hydrogen-bond acceptors (Lipinski definition) is 4. The van der Waals surface area contributed by atoms with Crippen molar-refractivity contribution >= 4 is 18.2 Å². The van der Waals surface area contributed by atoms with E-state index in [2.05, 4.69) is 4.90 Å². The van der Waals surface area contributed by atoms with Crippen molar-refractivity contribution < 1.29 is 9.53 Å². The van der Waals surface area contributed by atoms with Crippen LogP contribution in [0, 0.1) is 0 Å². The van der Waals surface area contributed by atoms with Crippen molar-refractivity contribution in [1.29, 1.82) is 0 Å². The molecule has 1 unspecified atom stereocenters. The molecule has 21 heavy (non-hydrogen) atoms. The summed E-state index contributed by atoms with van der Waals surface area (Å²) in [5.74, 6) is 0.722. The normalized spacial score (nSPS) is 18.9. The molecule has 1 heterocycles. The molecule has 1 atom stereocenters. The Labute approximate surface area is 133 Å². The molecule has 0 spiro atoms. The Bertz CT molecular complexity index is 454. The van der Waals surface area contributed by atoms with Crippen LogP contribution in [0.2, 0.25) is 0 Å². The van der Waals surface area contributed by atoms with Crippen molar-refractivity contribution in [3.05, 3.63) is 29.8 Å². The average molecular weight is 313 g/mol. The maximum absolute atomic E-state index is 11.5. The number of Topliss-reactive ketones (excluding diaryl/α,β-unsaturated/α-hetero) is 1. The summed E-state index contributed by atoms with van der Waals surface area (Å²) in [5.41, 5.74) is 6.47. The number of carbonyl (C=O) groups excluding carboxylic acids is 1. The molecule has 2 N–H and O–H groups in total. The number of para-hydroxylation sites is 1. The predicted molar refractivity (Wildman–Crippen MR) is 87.5 cm³/mol. The third-order valence-electron chi connectivity index (χ3n) is 3.92. The Morgan fingerprint density at radius 1 is 1.38 bits per heavy atom. The van der Waals surface area contributed by atoms with E-state index in [0.29, 0.717) is 30.5 Å². The zero-order chi connectivity index (χ0) is 14.4. The second-order valence-corrected chi connectivity index (χ2v) is 5.32. The number of nitrogens with zero attached hydrogens (tertiary/aromatic N) is 1. The van der Waals surface area contributed by atoms with Gasteiger partial charge in [-0.3, -0.25) is 9.69 Å². The van der Waals surface area contributed by atoms with Gasteiger partial charge in [0.05, 0.1) is 5.56 Å². The Hall–Kier alpha value is -1.10. The standard InChI is InChI=1S/C16H24N2O2.ClH/c1-13(19)15-7-2-3-8-16(15)20-11-10-18-9-5-4-6-14(18)12-17;/h2-3,7-8,14H,4-6,9-12,17H2,1H3;1H. The zero-order valence-corrected chi connectivity index (χ0v) is 13.4. The molecule has 0 aromatic heterocycles. The summed E-state index contributed by atoms with van der Waals surface area (Å²) in [6.45, 7) is 4.84. The van der Waals surface area contributed by atoms with Gasteiger partial charge in [0.25, 0.3) is 0 Å². The summed E-state index contributed by atoms with van der Waals surface area (Å²) in [7, 11) is 0. The van der Waals surface area contributed by atoms with Gasteiger partial charge in [-0.25, -0.2) is 0 Å². The fourth-order valence-electron chi connectivity index (χ4n) is 2.78. The van der Waals surface area contributed by atoms with Gasteiger partial charge < -0.3 is 10.5 Å². The molecule has 5 heteroatoms. The second-order valence-electron chi connectivity index (χ2n) is 5.32. The molecule has 0 saturated carbocycles. The molecule has 0 radical (unpaired) electrons. The number of ether oxygens (including phenoxy) is 1. The van der Waals surface area contributed by atoms with E-state index in [0.717, 1.165) is 13.1 Å². The summed E-state index contributed by atoms with van der Waals surface area (Å²) < 4.78 is 5.79. The molecule has 1 aliphatic rings. The third kappa shape index (κ3) is 4.99. The first-order chi connectivity index (χ1) is 9.72. The molecule has 1 aromatic carbocycles. The lowest BCUT2D eigenvalue weighted by atomic mass is 10.0. The average Bonchev–Trinajstić information content (AvgIpc) is 2.48. The van der Waals surface area contributed by atoms with Gasteiger partial charge in [0.1, 0.15) is 12.4 Å². The molecule has 1 aliphatic heterocycles. The van der Waals surface area contributed by atoms with Crippen molar-refractivity contribution in [2.75, 3.05) is 26.2 Å². The Kier molecular flexibility index (Phi) is 7.72. The van der Waals surface area contributed by atoms with Gasteiger partial charge in [-0.15, -0.1) is 12.4 Å². The van der Waals surface area contributed by atoms with Crippen LogP contribution in [0.3, 0.4) is 0 Å². The summed E-state index contributed by atoms with van der Waals surface area (Å²) in [4.78, 5) is 13.9. The maximum Gasteiger partial charge on any atom is 0.163 e. The van der Waals surface area contributed by atoms with E-state index in [1.54, 1.807) is 13.0 Å². The van der Waals surface area contributed by atoms with Crippen LogP contribution in [-0.2, 0) is 0 Å². The smallest absolute Gasteiger partial charge is 0.163 e. The molecule has 0 aliphatic carbocycles. The highest BCUT2D eigenvalue weighted by atomic mass is 35.5. The molecular formula is C16H25ClN2O2. The van der Waals surface area contributed by atoms with E-state index in [-0.39, 0.29) is 18.2 Å². The molecule has 0 bridgehead atoms. The lowest BCUT2D eigenvalue weighted by Crippen LogP contribution is -2.45. The summed E-state index contributed by atoms with van der Waals surface area (Å²) in [5, 5.41) is 0. The van der Waals surface area contributed by atoms with E-state index in [1.165, 1.54) is 19.3 Å². The number of carbonyl (C=O) groups is 1. The first kappa shape index (κ1) is 18.0. The lowest BCUT2D eigenvalue weighted by Gasteiger charge is -2.34. The Morgan fingerprint density at radius 3 is 2.86 bits per heavy atom. The largest absolute Gasteiger partial charge is 0.491 e. The van der Waals surface area contributed by atoms with Gasteiger partial charge in [0.15, 0.2) is 5.78 Å². The Balaban J connectivity index is 0.00000220. The van der Waals surface area contributed by atoms with Crippen LogP contribution in [0.5, 0.6) is 5.75 Å². The van der Waals surface area contributed by atoms with Crippen molar-refractivity contribution in [2.24, 2.45) is 5.73 Å². The minimum Gasteiger partial charge on any atom is -0.491 e. The first-order valence-corrected chi connectivity index (χ1v) is 7.39. The van der Waals surface area contributed by atoms with Crippen molar-refractivity contribution in [1.82, 2.24) is 4.90 Å². The van der Waals surface area contributed by atoms with E-state index in [1.807, 2.05) is 18.2 Å². The summed E-state index contributed by atoms with van der Waals surface area (Å²) in [6.07, 6.45) is 3.69. The van der Waals surface area contributed by atoms with Gasteiger partial charge in [0, 0.05) is 19.1 Å². The van der Waals surface area contributed by atoms with Gasteiger partial charge in [0.2, 0.25) is 0 Å². The highest BCUT2D eigenvalue weighted by molar-refractivity contribution is 5.96. The number of piperidine rings is 1. The lowest BCUT2D eigenvalue weighted by molar-refractivity contribution is 0.100. The molecule has 1 aromatic rings. The third-order valence-corrected chi connectivity index (χ3v) is 3.92. The molecule has 2 rings (SSSR count). The van der Waals surface area contributed by atoms with Crippen LogP contribution in [0.15, 0.2) is 24.3 Å². The molecule has 1 fully saturated rings. The second kappa shape index (κ2) is 9.03. The zero-order valence-electron chi connectivity index (χ0n) is 12.6. The number of halogens is 1. The van der Waals surface area contributed by atoms with Crippen LogP contribution in [0.1, 0.15) is 36.5 Å². The van der Waals surface area contributed by atoms with Crippen LogP contribution in [0.4, 0.5) is 0 Å². The van der Waals surface area contributed by atoms with Crippen LogP contribution >= 0.6 is 12.4 Å². The van der Waals surface area contributed by atoms with Crippen molar-refractivity contribution in [2.45, 2.75) is 32.2 Å². The predicted octanol–water partition coefficient (Wildman–Crippen LogP) is 2.50. The van der Waals surface area contributed by atoms with Gasteiger partial charge in [-0.1, -0.05) is 18.6 Å². The molecule has 1 saturated heterocycles. The van der Waals surface area contributed by atoms with Gasteiger partial charge >= 0.3 is 0 Å². The first-order valence-electron chi connectivity index (χ1n) is 7.39. The number of benzene rings is 1.